The van der Waals surface area contributed by atoms with E-state index < -0.39 is 0 Å². The Morgan fingerprint density at radius 1 is 1.41 bits per heavy atom. The van der Waals surface area contributed by atoms with Crippen LogP contribution < -0.4 is 5.32 Å². The van der Waals surface area contributed by atoms with Crippen molar-refractivity contribution in [1.29, 1.82) is 0 Å². The van der Waals surface area contributed by atoms with Gasteiger partial charge in [-0.25, -0.2) is 4.39 Å². The van der Waals surface area contributed by atoms with Crippen LogP contribution in [0.25, 0.3) is 0 Å². The Morgan fingerprint density at radius 2 is 2.12 bits per heavy atom. The second-order valence-corrected chi connectivity index (χ2v) is 4.97. The molecular formula is C13H19BrFNO. The average molecular weight is 304 g/mol. The zero-order valence-corrected chi connectivity index (χ0v) is 12.1. The van der Waals surface area contributed by atoms with Crippen molar-refractivity contribution in [3.8, 4) is 0 Å². The van der Waals surface area contributed by atoms with Gasteiger partial charge in [0.25, 0.3) is 0 Å². The summed E-state index contributed by atoms with van der Waals surface area (Å²) in [5.74, 6) is -0.227. The minimum absolute atomic E-state index is 0.153. The number of rotatable bonds is 6. The predicted molar refractivity (Wildman–Crippen MR) is 71.6 cm³/mol. The molecule has 0 saturated carbocycles. The van der Waals surface area contributed by atoms with Crippen LogP contribution in [-0.4, -0.2) is 19.3 Å². The Hall–Kier alpha value is -0.450. The van der Waals surface area contributed by atoms with E-state index in [0.29, 0.717) is 6.61 Å². The van der Waals surface area contributed by atoms with E-state index in [4.69, 9.17) is 4.74 Å². The molecule has 1 rings (SSSR count). The van der Waals surface area contributed by atoms with Gasteiger partial charge in [-0.2, -0.15) is 0 Å². The average Bonchev–Trinajstić information content (AvgIpc) is 2.26. The van der Waals surface area contributed by atoms with Crippen LogP contribution in [-0.2, 0) is 4.74 Å². The molecule has 0 aliphatic carbocycles. The smallest absolute Gasteiger partial charge is 0.124 e. The first-order valence-corrected chi connectivity index (χ1v) is 6.62. The van der Waals surface area contributed by atoms with Crippen molar-refractivity contribution in [2.75, 3.05) is 13.2 Å². The number of ether oxygens (including phenoxy) is 1. The van der Waals surface area contributed by atoms with Crippen LogP contribution in [0.2, 0.25) is 0 Å². The van der Waals surface area contributed by atoms with Gasteiger partial charge >= 0.3 is 0 Å². The van der Waals surface area contributed by atoms with Gasteiger partial charge in [0.1, 0.15) is 5.82 Å². The summed E-state index contributed by atoms with van der Waals surface area (Å²) in [6, 6.07) is 5.18. The number of benzene rings is 1. The molecule has 0 spiro atoms. The molecule has 1 N–H and O–H groups in total. The van der Waals surface area contributed by atoms with Crippen molar-refractivity contribution in [2.45, 2.75) is 32.9 Å². The maximum atomic E-state index is 13.0. The lowest BCUT2D eigenvalue weighted by Crippen LogP contribution is -2.33. The number of hydrogen-bond acceptors (Lipinski definition) is 2. The van der Waals surface area contributed by atoms with Crippen molar-refractivity contribution < 1.29 is 9.13 Å². The molecule has 1 aromatic carbocycles. The summed E-state index contributed by atoms with van der Waals surface area (Å²) in [5.41, 5.74) is 1.05. The van der Waals surface area contributed by atoms with E-state index in [9.17, 15) is 4.39 Å². The number of halogens is 2. The largest absolute Gasteiger partial charge is 0.380 e. The van der Waals surface area contributed by atoms with Crippen LogP contribution in [0.4, 0.5) is 4.39 Å². The van der Waals surface area contributed by atoms with Crippen molar-refractivity contribution in [3.63, 3.8) is 0 Å². The molecule has 0 bridgehead atoms. The monoisotopic (exact) mass is 303 g/mol. The maximum absolute atomic E-state index is 13.0. The Labute approximate surface area is 111 Å². The molecule has 0 aliphatic rings. The molecule has 2 nitrogen and oxygen atoms in total. The fourth-order valence-corrected chi connectivity index (χ4v) is 2.41. The second-order valence-electron chi connectivity index (χ2n) is 4.11. The zero-order valence-electron chi connectivity index (χ0n) is 10.5. The van der Waals surface area contributed by atoms with Crippen molar-refractivity contribution in [3.05, 3.63) is 34.1 Å². The number of hydrogen-bond donors (Lipinski definition) is 1. The first-order valence-electron chi connectivity index (χ1n) is 5.83. The second kappa shape index (κ2) is 7.09. The molecule has 0 radical (unpaired) electrons. The highest BCUT2D eigenvalue weighted by atomic mass is 79.9. The normalized spacial score (nSPS) is 14.6. The summed E-state index contributed by atoms with van der Waals surface area (Å²) in [6.07, 6.45) is 0. The van der Waals surface area contributed by atoms with Crippen LogP contribution in [0, 0.1) is 5.82 Å². The topological polar surface area (TPSA) is 21.3 Å². The Balaban J connectivity index is 2.60. The third kappa shape index (κ3) is 4.74. The SMILES string of the molecule is CCOCC(C)NC(C)c1ccc(F)cc1Br. The van der Waals surface area contributed by atoms with Gasteiger partial charge in [-0.05, 0) is 38.5 Å². The number of nitrogens with one attached hydrogen (secondary N) is 1. The van der Waals surface area contributed by atoms with E-state index >= 15 is 0 Å². The molecule has 0 heterocycles. The van der Waals surface area contributed by atoms with Gasteiger partial charge in [0.2, 0.25) is 0 Å². The summed E-state index contributed by atoms with van der Waals surface area (Å²) in [6.45, 7) is 7.51. The van der Waals surface area contributed by atoms with Gasteiger partial charge in [0.15, 0.2) is 0 Å². The lowest BCUT2D eigenvalue weighted by Gasteiger charge is -2.21. The van der Waals surface area contributed by atoms with Crippen LogP contribution in [0.1, 0.15) is 32.4 Å². The lowest BCUT2D eigenvalue weighted by atomic mass is 10.1. The highest BCUT2D eigenvalue weighted by molar-refractivity contribution is 9.10. The summed E-state index contributed by atoms with van der Waals surface area (Å²) >= 11 is 3.38. The lowest BCUT2D eigenvalue weighted by molar-refractivity contribution is 0.124. The van der Waals surface area contributed by atoms with E-state index in [2.05, 4.69) is 35.1 Å². The zero-order chi connectivity index (χ0) is 12.8. The molecule has 0 aromatic heterocycles. The fraction of sp³-hybridized carbons (Fsp3) is 0.538. The van der Waals surface area contributed by atoms with E-state index in [1.165, 1.54) is 12.1 Å². The van der Waals surface area contributed by atoms with E-state index in [1.54, 1.807) is 6.07 Å². The quantitative estimate of drug-likeness (QED) is 0.866. The summed E-state index contributed by atoms with van der Waals surface area (Å²) in [5, 5.41) is 3.41. The molecule has 2 atom stereocenters. The molecule has 1 aromatic rings. The van der Waals surface area contributed by atoms with E-state index in [-0.39, 0.29) is 17.9 Å². The Kier molecular flexibility index (Phi) is 6.09. The Morgan fingerprint density at radius 3 is 2.71 bits per heavy atom. The first kappa shape index (κ1) is 14.6. The maximum Gasteiger partial charge on any atom is 0.124 e. The summed E-state index contributed by atoms with van der Waals surface area (Å²) in [7, 11) is 0. The van der Waals surface area contributed by atoms with Crippen molar-refractivity contribution in [1.82, 2.24) is 5.32 Å². The summed E-state index contributed by atoms with van der Waals surface area (Å²) < 4.78 is 19.1. The minimum Gasteiger partial charge on any atom is -0.380 e. The molecule has 0 fully saturated rings. The molecule has 0 saturated heterocycles. The van der Waals surface area contributed by atoms with Gasteiger partial charge in [-0.3, -0.25) is 0 Å². The molecule has 2 unspecified atom stereocenters. The summed E-state index contributed by atoms with van der Waals surface area (Å²) in [4.78, 5) is 0. The van der Waals surface area contributed by atoms with E-state index in [1.807, 2.05) is 6.92 Å². The van der Waals surface area contributed by atoms with Gasteiger partial charge < -0.3 is 10.1 Å². The standard InChI is InChI=1S/C13H19BrFNO/c1-4-17-8-9(2)16-10(3)12-6-5-11(15)7-13(12)14/h5-7,9-10,16H,4,8H2,1-3H3. The van der Waals surface area contributed by atoms with Gasteiger partial charge in [0.05, 0.1) is 6.61 Å². The highest BCUT2D eigenvalue weighted by Crippen LogP contribution is 2.24. The molecule has 0 aliphatic heterocycles. The van der Waals surface area contributed by atoms with Gasteiger partial charge in [-0.1, -0.05) is 22.0 Å². The molecule has 96 valence electrons. The third-order valence-corrected chi connectivity index (χ3v) is 3.22. The van der Waals surface area contributed by atoms with Crippen LogP contribution >= 0.6 is 15.9 Å². The van der Waals surface area contributed by atoms with Crippen LogP contribution in [0.5, 0.6) is 0 Å². The molecular weight excluding hydrogens is 285 g/mol. The highest BCUT2D eigenvalue weighted by Gasteiger charge is 2.12. The van der Waals surface area contributed by atoms with Gasteiger partial charge in [-0.15, -0.1) is 0 Å². The van der Waals surface area contributed by atoms with Crippen LogP contribution in [0.3, 0.4) is 0 Å². The fourth-order valence-electron chi connectivity index (χ4n) is 1.71. The van der Waals surface area contributed by atoms with Crippen LogP contribution in [0.15, 0.2) is 22.7 Å². The third-order valence-electron chi connectivity index (χ3n) is 2.54. The Bertz CT molecular complexity index is 359. The van der Waals surface area contributed by atoms with Gasteiger partial charge in [0, 0.05) is 23.2 Å². The van der Waals surface area contributed by atoms with Crippen molar-refractivity contribution in [2.24, 2.45) is 0 Å². The molecule has 17 heavy (non-hydrogen) atoms. The minimum atomic E-state index is -0.227. The van der Waals surface area contributed by atoms with E-state index in [0.717, 1.165) is 16.6 Å². The first-order chi connectivity index (χ1) is 8.04. The van der Waals surface area contributed by atoms with Crippen molar-refractivity contribution >= 4 is 15.9 Å². The molecule has 0 amide bonds. The predicted octanol–water partition coefficient (Wildman–Crippen LogP) is 3.66. The molecule has 4 heteroatoms.